The molecule has 0 spiro atoms. The Morgan fingerprint density at radius 3 is 2.45 bits per heavy atom. The third kappa shape index (κ3) is 3.38. The Morgan fingerprint density at radius 2 is 1.90 bits per heavy atom. The van der Waals surface area contributed by atoms with E-state index in [0.717, 1.165) is 5.69 Å². The van der Waals surface area contributed by atoms with Crippen molar-refractivity contribution in [3.05, 3.63) is 53.6 Å². The van der Waals surface area contributed by atoms with E-state index in [1.807, 2.05) is 0 Å². The van der Waals surface area contributed by atoms with Gasteiger partial charge in [-0.3, -0.25) is 4.79 Å². The molecule has 0 saturated heterocycles. The van der Waals surface area contributed by atoms with E-state index < -0.39 is 0 Å². The van der Waals surface area contributed by atoms with E-state index in [0.29, 0.717) is 29.8 Å². The van der Waals surface area contributed by atoms with Crippen LogP contribution in [0.15, 0.2) is 36.7 Å². The van der Waals surface area contributed by atoms with Gasteiger partial charge >= 0.3 is 5.97 Å². The van der Waals surface area contributed by atoms with Crippen molar-refractivity contribution in [3.63, 3.8) is 0 Å². The molecule has 2 rings (SSSR count). The van der Waals surface area contributed by atoms with Crippen molar-refractivity contribution in [3.8, 4) is 0 Å². The van der Waals surface area contributed by atoms with E-state index in [1.54, 1.807) is 24.3 Å². The van der Waals surface area contributed by atoms with Gasteiger partial charge in [-0.25, -0.2) is 14.8 Å². The fourth-order valence-corrected chi connectivity index (χ4v) is 1.54. The second kappa shape index (κ2) is 6.42. The SMILES string of the molecule is COC(=O)c1ccc(NCc2ncc(C=O)cn2)cc1. The molecule has 20 heavy (non-hydrogen) atoms. The van der Waals surface area contributed by atoms with Gasteiger partial charge in [0.1, 0.15) is 5.82 Å². The molecule has 0 unspecified atom stereocenters. The predicted molar refractivity (Wildman–Crippen MR) is 72.5 cm³/mol. The molecular weight excluding hydrogens is 258 g/mol. The first kappa shape index (κ1) is 13.7. The molecule has 0 amide bonds. The molecule has 6 nitrogen and oxygen atoms in total. The molecule has 1 aromatic carbocycles. The molecule has 0 radical (unpaired) electrons. The molecule has 0 atom stereocenters. The lowest BCUT2D eigenvalue weighted by atomic mass is 10.2. The average Bonchev–Trinajstić information content (AvgIpc) is 2.53. The molecule has 0 aliphatic carbocycles. The van der Waals surface area contributed by atoms with Crippen molar-refractivity contribution in [2.45, 2.75) is 6.54 Å². The monoisotopic (exact) mass is 271 g/mol. The third-order valence-corrected chi connectivity index (χ3v) is 2.62. The highest BCUT2D eigenvalue weighted by molar-refractivity contribution is 5.89. The number of nitrogens with zero attached hydrogens (tertiary/aromatic N) is 2. The Morgan fingerprint density at radius 1 is 1.25 bits per heavy atom. The molecule has 0 aliphatic rings. The standard InChI is InChI=1S/C14H13N3O3/c1-20-14(19)11-2-4-12(5-3-11)15-8-13-16-6-10(9-18)7-17-13/h2-7,9,15H,8H2,1H3. The van der Waals surface area contributed by atoms with Crippen LogP contribution in [-0.4, -0.2) is 29.3 Å². The predicted octanol–water partition coefficient (Wildman–Crippen LogP) is 1.69. The zero-order valence-electron chi connectivity index (χ0n) is 10.9. The first-order chi connectivity index (χ1) is 9.72. The lowest BCUT2D eigenvalue weighted by Gasteiger charge is -2.06. The molecule has 1 N–H and O–H groups in total. The van der Waals surface area contributed by atoms with E-state index in [2.05, 4.69) is 20.0 Å². The minimum atomic E-state index is -0.371. The molecule has 1 heterocycles. The highest BCUT2D eigenvalue weighted by atomic mass is 16.5. The van der Waals surface area contributed by atoms with Crippen molar-refractivity contribution in [2.24, 2.45) is 0 Å². The Hall–Kier alpha value is -2.76. The van der Waals surface area contributed by atoms with Gasteiger partial charge in [-0.1, -0.05) is 0 Å². The summed E-state index contributed by atoms with van der Waals surface area (Å²) < 4.78 is 4.62. The number of methoxy groups -OCH3 is 1. The molecule has 0 bridgehead atoms. The fraction of sp³-hybridized carbons (Fsp3) is 0.143. The third-order valence-electron chi connectivity index (χ3n) is 2.62. The summed E-state index contributed by atoms with van der Waals surface area (Å²) in [6, 6.07) is 6.88. The summed E-state index contributed by atoms with van der Waals surface area (Å²) in [4.78, 5) is 29.8. The fourth-order valence-electron chi connectivity index (χ4n) is 1.54. The minimum Gasteiger partial charge on any atom is -0.465 e. The number of ether oxygens (including phenoxy) is 1. The number of carbonyl (C=O) groups is 2. The zero-order valence-corrected chi connectivity index (χ0v) is 10.9. The number of aldehydes is 1. The van der Waals surface area contributed by atoms with Gasteiger partial charge in [-0.05, 0) is 24.3 Å². The Balaban J connectivity index is 1.96. The molecule has 0 aliphatic heterocycles. The number of nitrogens with one attached hydrogen (secondary N) is 1. The lowest BCUT2D eigenvalue weighted by molar-refractivity contribution is 0.0600. The topological polar surface area (TPSA) is 81.2 Å². The maximum Gasteiger partial charge on any atom is 0.337 e. The van der Waals surface area contributed by atoms with Crippen LogP contribution in [0.3, 0.4) is 0 Å². The van der Waals surface area contributed by atoms with Crippen molar-refractivity contribution >= 4 is 17.9 Å². The smallest absolute Gasteiger partial charge is 0.337 e. The van der Waals surface area contributed by atoms with Crippen LogP contribution in [0.2, 0.25) is 0 Å². The molecule has 1 aromatic heterocycles. The normalized spacial score (nSPS) is 9.85. The number of benzene rings is 1. The van der Waals surface area contributed by atoms with Gasteiger partial charge in [0.05, 0.1) is 24.8 Å². The summed E-state index contributed by atoms with van der Waals surface area (Å²) in [5, 5.41) is 3.12. The van der Waals surface area contributed by atoms with Crippen LogP contribution < -0.4 is 5.32 Å². The van der Waals surface area contributed by atoms with E-state index in [9.17, 15) is 9.59 Å². The van der Waals surface area contributed by atoms with Crippen LogP contribution in [0.25, 0.3) is 0 Å². The van der Waals surface area contributed by atoms with Crippen LogP contribution in [0.4, 0.5) is 5.69 Å². The summed E-state index contributed by atoms with van der Waals surface area (Å²) >= 11 is 0. The summed E-state index contributed by atoms with van der Waals surface area (Å²) in [6.45, 7) is 0.427. The number of aromatic nitrogens is 2. The molecule has 0 saturated carbocycles. The Labute approximate surface area is 115 Å². The first-order valence-corrected chi connectivity index (χ1v) is 5.91. The number of hydrogen-bond acceptors (Lipinski definition) is 6. The molecule has 2 aromatic rings. The summed E-state index contributed by atoms with van der Waals surface area (Å²) in [5.41, 5.74) is 1.77. The molecule has 102 valence electrons. The van der Waals surface area contributed by atoms with Gasteiger partial charge in [0, 0.05) is 18.1 Å². The van der Waals surface area contributed by atoms with Gasteiger partial charge < -0.3 is 10.1 Å². The van der Waals surface area contributed by atoms with E-state index >= 15 is 0 Å². The highest BCUT2D eigenvalue weighted by Crippen LogP contribution is 2.11. The van der Waals surface area contributed by atoms with Crippen molar-refractivity contribution < 1.29 is 14.3 Å². The Kier molecular flexibility index (Phi) is 4.39. The zero-order chi connectivity index (χ0) is 14.4. The van der Waals surface area contributed by atoms with Gasteiger partial charge in [-0.2, -0.15) is 0 Å². The maximum atomic E-state index is 11.3. The van der Waals surface area contributed by atoms with Crippen molar-refractivity contribution in [2.75, 3.05) is 12.4 Å². The summed E-state index contributed by atoms with van der Waals surface area (Å²) in [5.74, 6) is 0.206. The van der Waals surface area contributed by atoms with Gasteiger partial charge in [0.25, 0.3) is 0 Å². The lowest BCUT2D eigenvalue weighted by Crippen LogP contribution is -2.05. The number of anilines is 1. The first-order valence-electron chi connectivity index (χ1n) is 5.91. The van der Waals surface area contributed by atoms with Gasteiger partial charge in [-0.15, -0.1) is 0 Å². The van der Waals surface area contributed by atoms with Crippen LogP contribution in [0.1, 0.15) is 26.5 Å². The highest BCUT2D eigenvalue weighted by Gasteiger charge is 2.04. The second-order valence-electron chi connectivity index (χ2n) is 3.97. The van der Waals surface area contributed by atoms with E-state index in [4.69, 9.17) is 0 Å². The van der Waals surface area contributed by atoms with E-state index in [-0.39, 0.29) is 5.97 Å². The van der Waals surface area contributed by atoms with Gasteiger partial charge in [0.2, 0.25) is 0 Å². The van der Waals surface area contributed by atoms with Crippen LogP contribution in [0, 0.1) is 0 Å². The number of rotatable bonds is 5. The molecular formula is C14H13N3O3. The summed E-state index contributed by atoms with van der Waals surface area (Å²) in [7, 11) is 1.34. The van der Waals surface area contributed by atoms with Crippen LogP contribution >= 0.6 is 0 Å². The largest absolute Gasteiger partial charge is 0.465 e. The molecule has 0 fully saturated rings. The van der Waals surface area contributed by atoms with E-state index in [1.165, 1.54) is 19.5 Å². The number of esters is 1. The number of carbonyl (C=O) groups excluding carboxylic acids is 2. The summed E-state index contributed by atoms with van der Waals surface area (Å²) in [6.07, 6.45) is 3.64. The second-order valence-corrected chi connectivity index (χ2v) is 3.97. The Bertz CT molecular complexity index is 594. The van der Waals surface area contributed by atoms with Crippen LogP contribution in [-0.2, 0) is 11.3 Å². The molecule has 6 heteroatoms. The van der Waals surface area contributed by atoms with Gasteiger partial charge in [0.15, 0.2) is 6.29 Å². The van der Waals surface area contributed by atoms with Crippen LogP contribution in [0.5, 0.6) is 0 Å². The quantitative estimate of drug-likeness (QED) is 0.658. The number of hydrogen-bond donors (Lipinski definition) is 1. The average molecular weight is 271 g/mol. The van der Waals surface area contributed by atoms with Crippen molar-refractivity contribution in [1.82, 2.24) is 9.97 Å². The maximum absolute atomic E-state index is 11.3. The minimum absolute atomic E-state index is 0.371. The van der Waals surface area contributed by atoms with Crippen molar-refractivity contribution in [1.29, 1.82) is 0 Å².